The second kappa shape index (κ2) is 13.6. The summed E-state index contributed by atoms with van der Waals surface area (Å²) < 4.78 is 29.0. The Hall–Kier alpha value is -3.65. The van der Waals surface area contributed by atoms with Crippen molar-refractivity contribution in [2.45, 2.75) is 77.9 Å². The summed E-state index contributed by atoms with van der Waals surface area (Å²) in [5.74, 6) is -0.704. The van der Waals surface area contributed by atoms with Gasteiger partial charge in [0.15, 0.2) is 0 Å². The van der Waals surface area contributed by atoms with Crippen molar-refractivity contribution >= 4 is 27.5 Å². The molecule has 0 saturated carbocycles. The van der Waals surface area contributed by atoms with Crippen molar-refractivity contribution in [1.29, 1.82) is 0 Å². The molecular weight excluding hydrogens is 522 g/mol. The number of carbonyl (C=O) groups excluding carboxylic acids is 2. The van der Waals surface area contributed by atoms with Crippen LogP contribution in [0.15, 0.2) is 77.7 Å². The van der Waals surface area contributed by atoms with Crippen LogP contribution in [0.1, 0.15) is 55.9 Å². The molecule has 0 unspecified atom stereocenters. The van der Waals surface area contributed by atoms with E-state index in [9.17, 15) is 18.0 Å². The molecule has 0 spiro atoms. The lowest BCUT2D eigenvalue weighted by atomic mass is 10.1. The Morgan fingerprint density at radius 2 is 1.43 bits per heavy atom. The van der Waals surface area contributed by atoms with Gasteiger partial charge in [-0.05, 0) is 70.4 Å². The van der Waals surface area contributed by atoms with Crippen molar-refractivity contribution in [1.82, 2.24) is 10.2 Å². The maximum absolute atomic E-state index is 14.1. The van der Waals surface area contributed by atoms with Gasteiger partial charge in [-0.15, -0.1) is 0 Å². The fourth-order valence-corrected chi connectivity index (χ4v) is 5.86. The first-order valence-electron chi connectivity index (χ1n) is 13.8. The van der Waals surface area contributed by atoms with Gasteiger partial charge in [0.05, 0.1) is 10.6 Å². The van der Waals surface area contributed by atoms with Crippen LogP contribution in [0, 0.1) is 20.8 Å². The molecule has 3 rings (SSSR count). The van der Waals surface area contributed by atoms with E-state index < -0.39 is 28.5 Å². The van der Waals surface area contributed by atoms with Gasteiger partial charge in [0.25, 0.3) is 10.0 Å². The molecular formula is C32H41N3O4S. The molecule has 0 radical (unpaired) electrons. The molecule has 8 heteroatoms. The Balaban J connectivity index is 2.05. The van der Waals surface area contributed by atoms with E-state index in [2.05, 4.69) is 5.32 Å². The Morgan fingerprint density at radius 3 is 1.98 bits per heavy atom. The van der Waals surface area contributed by atoms with Crippen LogP contribution in [-0.4, -0.2) is 43.8 Å². The number of hydrogen-bond donors (Lipinski definition) is 1. The van der Waals surface area contributed by atoms with Crippen LogP contribution < -0.4 is 9.62 Å². The minimum Gasteiger partial charge on any atom is -0.352 e. The van der Waals surface area contributed by atoms with Gasteiger partial charge in [-0.1, -0.05) is 79.1 Å². The van der Waals surface area contributed by atoms with Gasteiger partial charge in [0.1, 0.15) is 12.6 Å². The third kappa shape index (κ3) is 7.72. The van der Waals surface area contributed by atoms with Gasteiger partial charge >= 0.3 is 0 Å². The first-order chi connectivity index (χ1) is 19.0. The molecule has 0 heterocycles. The topological polar surface area (TPSA) is 86.8 Å². The highest BCUT2D eigenvalue weighted by Gasteiger charge is 2.34. The number of carbonyl (C=O) groups is 2. The summed E-state index contributed by atoms with van der Waals surface area (Å²) in [6.07, 6.45) is 1.14. The smallest absolute Gasteiger partial charge is 0.264 e. The predicted octanol–water partition coefficient (Wildman–Crippen LogP) is 5.53. The predicted molar refractivity (Wildman–Crippen MR) is 161 cm³/mol. The summed E-state index contributed by atoms with van der Waals surface area (Å²) in [5.41, 5.74) is 4.18. The van der Waals surface area contributed by atoms with E-state index in [1.54, 1.807) is 36.4 Å². The van der Waals surface area contributed by atoms with Crippen LogP contribution in [0.25, 0.3) is 0 Å². The first-order valence-corrected chi connectivity index (χ1v) is 15.2. The number of nitrogens with zero attached hydrogens (tertiary/aromatic N) is 2. The molecule has 0 aliphatic rings. The molecule has 1 N–H and O–H groups in total. The molecule has 40 heavy (non-hydrogen) atoms. The van der Waals surface area contributed by atoms with Gasteiger partial charge in [-0.3, -0.25) is 13.9 Å². The van der Waals surface area contributed by atoms with Gasteiger partial charge in [-0.25, -0.2) is 8.42 Å². The second-order valence-corrected chi connectivity index (χ2v) is 12.3. The fourth-order valence-electron chi connectivity index (χ4n) is 4.45. The van der Waals surface area contributed by atoms with Gasteiger partial charge in [0, 0.05) is 12.6 Å². The van der Waals surface area contributed by atoms with E-state index in [4.69, 9.17) is 0 Å². The number of nitrogens with one attached hydrogen (secondary N) is 1. The number of aryl methyl sites for hydroxylation is 3. The minimum absolute atomic E-state index is 0.0524. The molecule has 0 aromatic heterocycles. The van der Waals surface area contributed by atoms with E-state index in [1.807, 2.05) is 77.9 Å². The van der Waals surface area contributed by atoms with Gasteiger partial charge in [0.2, 0.25) is 11.8 Å². The molecule has 7 nitrogen and oxygen atoms in total. The number of benzene rings is 3. The Bertz CT molecular complexity index is 1400. The largest absolute Gasteiger partial charge is 0.352 e. The third-order valence-electron chi connectivity index (χ3n) is 7.03. The molecule has 0 aliphatic heterocycles. The van der Waals surface area contributed by atoms with Crippen LogP contribution in [0.3, 0.4) is 0 Å². The SMILES string of the molecule is CC[C@H](C)NC(=O)[C@H](CC)N(Cc1cccc(C)c1)C(=O)CN(c1ccc(C)cc1)S(=O)(=O)c1ccc(C)cc1. The summed E-state index contributed by atoms with van der Waals surface area (Å²) in [6.45, 7) is 11.3. The number of anilines is 1. The zero-order valence-electron chi connectivity index (χ0n) is 24.3. The quantitative estimate of drug-likeness (QED) is 0.314. The highest BCUT2D eigenvalue weighted by molar-refractivity contribution is 7.92. The Labute approximate surface area is 239 Å². The van der Waals surface area contributed by atoms with Crippen molar-refractivity contribution in [3.63, 3.8) is 0 Å². The molecule has 3 aromatic carbocycles. The molecule has 2 atom stereocenters. The van der Waals surface area contributed by atoms with E-state index in [0.717, 1.165) is 33.0 Å². The van der Waals surface area contributed by atoms with Crippen LogP contribution in [0.2, 0.25) is 0 Å². The molecule has 0 saturated heterocycles. The van der Waals surface area contributed by atoms with Crippen molar-refractivity contribution in [2.24, 2.45) is 0 Å². The number of hydrogen-bond acceptors (Lipinski definition) is 4. The number of sulfonamides is 1. The van der Waals surface area contributed by atoms with Crippen LogP contribution in [-0.2, 0) is 26.2 Å². The van der Waals surface area contributed by atoms with E-state index in [0.29, 0.717) is 12.1 Å². The van der Waals surface area contributed by atoms with Crippen LogP contribution >= 0.6 is 0 Å². The lowest BCUT2D eigenvalue weighted by Crippen LogP contribution is -2.53. The molecule has 0 fully saturated rings. The number of rotatable bonds is 12. The average molecular weight is 564 g/mol. The molecule has 3 aromatic rings. The van der Waals surface area contributed by atoms with Crippen LogP contribution in [0.4, 0.5) is 5.69 Å². The first kappa shape index (κ1) is 30.9. The lowest BCUT2D eigenvalue weighted by Gasteiger charge is -2.33. The monoisotopic (exact) mass is 563 g/mol. The Morgan fingerprint density at radius 1 is 0.825 bits per heavy atom. The van der Waals surface area contributed by atoms with Gasteiger partial charge < -0.3 is 10.2 Å². The van der Waals surface area contributed by atoms with E-state index in [-0.39, 0.29) is 23.4 Å². The van der Waals surface area contributed by atoms with E-state index in [1.165, 1.54) is 4.90 Å². The van der Waals surface area contributed by atoms with Crippen molar-refractivity contribution in [3.8, 4) is 0 Å². The summed E-state index contributed by atoms with van der Waals surface area (Å²) in [6, 6.07) is 20.6. The molecule has 0 bridgehead atoms. The van der Waals surface area contributed by atoms with Gasteiger partial charge in [-0.2, -0.15) is 0 Å². The Kier molecular flexibility index (Phi) is 10.5. The minimum atomic E-state index is -4.08. The third-order valence-corrected chi connectivity index (χ3v) is 8.82. The fraction of sp³-hybridized carbons (Fsp3) is 0.375. The summed E-state index contributed by atoms with van der Waals surface area (Å²) in [4.78, 5) is 29.1. The maximum Gasteiger partial charge on any atom is 0.264 e. The maximum atomic E-state index is 14.1. The summed E-state index contributed by atoms with van der Waals surface area (Å²) in [7, 11) is -4.08. The van der Waals surface area contributed by atoms with Crippen molar-refractivity contribution < 1.29 is 18.0 Å². The average Bonchev–Trinajstić information content (AvgIpc) is 2.92. The van der Waals surface area contributed by atoms with Crippen molar-refractivity contribution in [2.75, 3.05) is 10.8 Å². The number of amides is 2. The highest BCUT2D eigenvalue weighted by atomic mass is 32.2. The van der Waals surface area contributed by atoms with Crippen molar-refractivity contribution in [3.05, 3.63) is 95.1 Å². The summed E-state index contributed by atoms with van der Waals surface area (Å²) >= 11 is 0. The normalized spacial score (nSPS) is 12.8. The second-order valence-electron chi connectivity index (χ2n) is 10.4. The lowest BCUT2D eigenvalue weighted by molar-refractivity contribution is -0.140. The zero-order chi connectivity index (χ0) is 29.4. The highest BCUT2D eigenvalue weighted by Crippen LogP contribution is 2.25. The zero-order valence-corrected chi connectivity index (χ0v) is 25.2. The molecule has 2 amide bonds. The summed E-state index contributed by atoms with van der Waals surface area (Å²) in [5, 5.41) is 3.00. The standard InChI is InChI=1S/C32H41N3O4S/c1-7-26(6)33-32(37)30(8-2)34(21-27-11-9-10-25(5)20-27)31(36)22-35(28-16-12-23(3)13-17-28)40(38,39)29-18-14-24(4)15-19-29/h9-20,26,30H,7-8,21-22H2,1-6H3,(H,33,37)/t26-,30-/m0/s1. The molecule has 214 valence electrons. The van der Waals surface area contributed by atoms with Crippen LogP contribution in [0.5, 0.6) is 0 Å². The molecule has 0 aliphatic carbocycles. The van der Waals surface area contributed by atoms with E-state index >= 15 is 0 Å².